The van der Waals surface area contributed by atoms with Gasteiger partial charge in [0.05, 0.1) is 24.0 Å². The number of nitrogens with one attached hydrogen (secondary N) is 2. The molecule has 1 fully saturated rings. The molecule has 36 heavy (non-hydrogen) atoms. The number of aliphatic hydroxyl groups excluding tert-OH is 1. The number of pyridine rings is 1. The third kappa shape index (κ3) is 5.24. The van der Waals surface area contributed by atoms with Crippen LogP contribution in [0.25, 0.3) is 5.69 Å². The van der Waals surface area contributed by atoms with Crippen LogP contribution >= 0.6 is 0 Å². The Morgan fingerprint density at radius 1 is 1.28 bits per heavy atom. The van der Waals surface area contributed by atoms with Gasteiger partial charge in [0.15, 0.2) is 0 Å². The summed E-state index contributed by atoms with van der Waals surface area (Å²) >= 11 is 0. The number of carbonyl (C=O) groups excluding carboxylic acids is 1. The van der Waals surface area contributed by atoms with Crippen LogP contribution in [0.3, 0.4) is 0 Å². The van der Waals surface area contributed by atoms with E-state index in [0.29, 0.717) is 11.4 Å². The molecular weight excluding hydrogens is 468 g/mol. The van der Waals surface area contributed by atoms with Gasteiger partial charge in [-0.3, -0.25) is 4.79 Å². The molecule has 0 radical (unpaired) electrons. The first-order valence-corrected chi connectivity index (χ1v) is 12.1. The quantitative estimate of drug-likeness (QED) is 0.442. The zero-order chi connectivity index (χ0) is 25.3. The molecule has 0 saturated heterocycles. The van der Waals surface area contributed by atoms with E-state index in [1.807, 2.05) is 18.3 Å². The average molecular weight is 498 g/mol. The summed E-state index contributed by atoms with van der Waals surface area (Å²) in [6, 6.07) is 6.13. The zero-order valence-corrected chi connectivity index (χ0v) is 20.0. The molecule has 1 spiro atoms. The van der Waals surface area contributed by atoms with E-state index in [4.69, 9.17) is 4.74 Å². The first-order valence-electron chi connectivity index (χ1n) is 12.1. The van der Waals surface area contributed by atoms with Crippen molar-refractivity contribution in [1.29, 1.82) is 0 Å². The van der Waals surface area contributed by atoms with Crippen molar-refractivity contribution in [3.8, 4) is 11.6 Å². The monoisotopic (exact) mass is 497 g/mol. The van der Waals surface area contributed by atoms with Crippen molar-refractivity contribution in [2.75, 3.05) is 6.54 Å². The molecule has 190 valence electrons. The number of nitrogens with zero attached hydrogens (tertiary/aromatic N) is 3. The summed E-state index contributed by atoms with van der Waals surface area (Å²) in [5.41, 5.74) is 1.74. The van der Waals surface area contributed by atoms with Crippen molar-refractivity contribution in [3.05, 3.63) is 71.7 Å². The van der Waals surface area contributed by atoms with Crippen molar-refractivity contribution in [2.24, 2.45) is 0 Å². The van der Waals surface area contributed by atoms with Crippen LogP contribution in [-0.2, 0) is 11.2 Å². The highest BCUT2D eigenvalue weighted by Gasteiger charge is 2.46. The molecule has 3 atom stereocenters. The first-order chi connectivity index (χ1) is 17.3. The molecule has 2 aliphatic rings. The topological polar surface area (TPSA) is 101 Å². The van der Waals surface area contributed by atoms with Gasteiger partial charge in [-0.05, 0) is 55.5 Å². The fraction of sp³-hybridized carbons (Fsp3) is 0.423. The molecule has 3 N–H and O–H groups in total. The molecule has 1 aromatic carbocycles. The van der Waals surface area contributed by atoms with Crippen molar-refractivity contribution in [3.63, 3.8) is 0 Å². The average Bonchev–Trinajstić information content (AvgIpc) is 3.34. The standard InChI is InChI=1S/C26H29F2N5O3/c1-16(34)32-22(10-17-8-18(27)11-19(28)9-17)24(35)15-29-23-13-26(4-2-5-26)36-25-21(23)12-20(14-30-25)33-7-3-6-31-33/h3,6-9,11-12,14,22-24,29,35H,2,4-5,10,13,15H2,1H3,(H,32,34)/t22-,23-,24-/m0/s1. The summed E-state index contributed by atoms with van der Waals surface area (Å²) in [5.74, 6) is -1.18. The second-order valence-electron chi connectivity index (χ2n) is 9.70. The minimum atomic E-state index is -1.01. The molecule has 10 heteroatoms. The number of halogens is 2. The fourth-order valence-electron chi connectivity index (χ4n) is 5.06. The molecule has 2 aromatic heterocycles. The number of hydrogen-bond donors (Lipinski definition) is 3. The van der Waals surface area contributed by atoms with Crippen LogP contribution in [0.15, 0.2) is 48.9 Å². The van der Waals surface area contributed by atoms with Crippen LogP contribution in [0.1, 0.15) is 49.8 Å². The number of benzene rings is 1. The van der Waals surface area contributed by atoms with E-state index >= 15 is 0 Å². The summed E-state index contributed by atoms with van der Waals surface area (Å²) in [5, 5.41) is 21.4. The van der Waals surface area contributed by atoms with Gasteiger partial charge in [0.1, 0.15) is 17.2 Å². The maximum Gasteiger partial charge on any atom is 0.218 e. The molecular formula is C26H29F2N5O3. The minimum absolute atomic E-state index is 0.0798. The Morgan fingerprint density at radius 2 is 2.06 bits per heavy atom. The zero-order valence-electron chi connectivity index (χ0n) is 20.0. The smallest absolute Gasteiger partial charge is 0.218 e. The summed E-state index contributed by atoms with van der Waals surface area (Å²) < 4.78 is 35.4. The predicted molar refractivity (Wildman–Crippen MR) is 128 cm³/mol. The van der Waals surface area contributed by atoms with Crippen LogP contribution in [0.4, 0.5) is 8.78 Å². The molecule has 8 nitrogen and oxygen atoms in total. The molecule has 1 aliphatic carbocycles. The van der Waals surface area contributed by atoms with Gasteiger partial charge in [-0.15, -0.1) is 0 Å². The lowest BCUT2D eigenvalue weighted by Crippen LogP contribution is -2.52. The molecule has 1 aliphatic heterocycles. The Hall–Kier alpha value is -3.37. The highest BCUT2D eigenvalue weighted by atomic mass is 19.1. The van der Waals surface area contributed by atoms with Gasteiger partial charge in [0, 0.05) is 50.0 Å². The predicted octanol–water partition coefficient (Wildman–Crippen LogP) is 2.99. The van der Waals surface area contributed by atoms with Gasteiger partial charge in [0.2, 0.25) is 11.8 Å². The maximum atomic E-state index is 13.7. The Bertz CT molecular complexity index is 1210. The first kappa shape index (κ1) is 24.3. The van der Waals surface area contributed by atoms with Crippen LogP contribution in [0.2, 0.25) is 0 Å². The van der Waals surface area contributed by atoms with Crippen molar-refractivity contribution >= 4 is 5.91 Å². The lowest BCUT2D eigenvalue weighted by atomic mass is 9.73. The number of hydrogen-bond acceptors (Lipinski definition) is 6. The van der Waals surface area contributed by atoms with Crippen molar-refractivity contribution in [1.82, 2.24) is 25.4 Å². The van der Waals surface area contributed by atoms with E-state index in [9.17, 15) is 18.7 Å². The second kappa shape index (κ2) is 9.94. The second-order valence-corrected chi connectivity index (χ2v) is 9.70. The highest BCUT2D eigenvalue weighted by Crippen LogP contribution is 2.48. The van der Waals surface area contributed by atoms with Gasteiger partial charge in [-0.25, -0.2) is 18.4 Å². The van der Waals surface area contributed by atoms with Gasteiger partial charge in [-0.2, -0.15) is 5.10 Å². The number of amides is 1. The fourth-order valence-corrected chi connectivity index (χ4v) is 5.06. The molecule has 3 aromatic rings. The summed E-state index contributed by atoms with van der Waals surface area (Å²) in [6.45, 7) is 1.49. The van der Waals surface area contributed by atoms with E-state index in [0.717, 1.165) is 43.0 Å². The third-order valence-corrected chi connectivity index (χ3v) is 6.97. The van der Waals surface area contributed by atoms with Gasteiger partial charge < -0.3 is 20.5 Å². The van der Waals surface area contributed by atoms with Crippen molar-refractivity contribution in [2.45, 2.75) is 62.8 Å². The van der Waals surface area contributed by atoms with E-state index in [1.165, 1.54) is 19.1 Å². The van der Waals surface area contributed by atoms with Gasteiger partial charge in [-0.1, -0.05) is 0 Å². The summed E-state index contributed by atoms with van der Waals surface area (Å²) in [6.07, 6.45) is 8.01. The lowest BCUT2D eigenvalue weighted by molar-refractivity contribution is -0.120. The SMILES string of the molecule is CC(=O)N[C@@H](Cc1cc(F)cc(F)c1)[C@@H](O)CN[C@H]1CC2(CCC2)Oc2ncc(-n3cccn3)cc21. The van der Waals surface area contributed by atoms with Gasteiger partial charge >= 0.3 is 0 Å². The van der Waals surface area contributed by atoms with E-state index in [2.05, 4.69) is 20.7 Å². The summed E-state index contributed by atoms with van der Waals surface area (Å²) in [7, 11) is 0. The lowest BCUT2D eigenvalue weighted by Gasteiger charge is -2.47. The highest BCUT2D eigenvalue weighted by molar-refractivity contribution is 5.73. The number of aromatic nitrogens is 3. The number of fused-ring (bicyclic) bond motifs is 1. The Balaban J connectivity index is 1.34. The number of ether oxygens (including phenoxy) is 1. The van der Waals surface area contributed by atoms with Crippen LogP contribution < -0.4 is 15.4 Å². The Kier molecular flexibility index (Phi) is 6.72. The Morgan fingerprint density at radius 3 is 2.69 bits per heavy atom. The van der Waals surface area contributed by atoms with Gasteiger partial charge in [0.25, 0.3) is 0 Å². The van der Waals surface area contributed by atoms with Crippen molar-refractivity contribution < 1.29 is 23.4 Å². The third-order valence-electron chi connectivity index (χ3n) is 6.97. The molecule has 0 bridgehead atoms. The molecule has 3 heterocycles. The number of carbonyl (C=O) groups is 1. The van der Waals surface area contributed by atoms with Crippen LogP contribution in [0.5, 0.6) is 5.88 Å². The molecule has 1 amide bonds. The summed E-state index contributed by atoms with van der Waals surface area (Å²) in [4.78, 5) is 16.4. The van der Waals surface area contributed by atoms with E-state index < -0.39 is 23.8 Å². The van der Waals surface area contributed by atoms with E-state index in [1.54, 1.807) is 17.1 Å². The Labute approximate surface area is 207 Å². The van der Waals surface area contributed by atoms with Crippen LogP contribution in [0, 0.1) is 11.6 Å². The number of rotatable bonds is 8. The number of aliphatic hydroxyl groups is 1. The molecule has 1 saturated carbocycles. The maximum absolute atomic E-state index is 13.7. The van der Waals surface area contributed by atoms with E-state index in [-0.39, 0.29) is 30.5 Å². The largest absolute Gasteiger partial charge is 0.471 e. The molecule has 5 rings (SSSR count). The van der Waals surface area contributed by atoms with Crippen LogP contribution in [-0.4, -0.2) is 50.1 Å². The molecule has 0 unspecified atom stereocenters. The minimum Gasteiger partial charge on any atom is -0.471 e. The normalized spacial score (nSPS) is 19.6.